The summed E-state index contributed by atoms with van der Waals surface area (Å²) in [6, 6.07) is 6.10. The number of carboxylic acid groups (broad SMARTS) is 1. The molecule has 5 nitrogen and oxygen atoms in total. The van der Waals surface area contributed by atoms with Crippen LogP contribution in [0.5, 0.6) is 5.75 Å². The number of carbonyl (C=O) groups excluding carboxylic acids is 1. The van der Waals surface area contributed by atoms with Gasteiger partial charge in [0, 0.05) is 5.56 Å². The van der Waals surface area contributed by atoms with Gasteiger partial charge in [0.1, 0.15) is 5.75 Å². The van der Waals surface area contributed by atoms with E-state index in [1.165, 1.54) is 0 Å². The summed E-state index contributed by atoms with van der Waals surface area (Å²) in [5, 5.41) is 11.7. The highest BCUT2D eigenvalue weighted by Gasteiger charge is 2.21. The van der Waals surface area contributed by atoms with E-state index in [0.717, 1.165) is 6.42 Å². The molecule has 0 heterocycles. The van der Waals surface area contributed by atoms with Crippen molar-refractivity contribution in [3.63, 3.8) is 0 Å². The monoisotopic (exact) mass is 279 g/mol. The summed E-state index contributed by atoms with van der Waals surface area (Å²) in [7, 11) is 0. The van der Waals surface area contributed by atoms with Crippen molar-refractivity contribution >= 4 is 11.8 Å². The van der Waals surface area contributed by atoms with Crippen LogP contribution in [0.1, 0.15) is 37.0 Å². The number of carbonyl (C=O) groups is 2. The van der Waals surface area contributed by atoms with E-state index in [2.05, 4.69) is 5.32 Å². The van der Waals surface area contributed by atoms with Gasteiger partial charge < -0.3 is 15.2 Å². The van der Waals surface area contributed by atoms with Gasteiger partial charge in [0.15, 0.2) is 5.78 Å². The molecule has 0 bridgehead atoms. The first-order valence-electron chi connectivity index (χ1n) is 6.80. The van der Waals surface area contributed by atoms with E-state index in [1.807, 2.05) is 13.8 Å². The number of benzene rings is 1. The number of ketones is 1. The molecule has 110 valence electrons. The fraction of sp³-hybridized carbons (Fsp3) is 0.467. The maximum absolute atomic E-state index is 12.2. The first-order chi connectivity index (χ1) is 9.58. The number of hydrogen-bond acceptors (Lipinski definition) is 4. The Morgan fingerprint density at radius 1 is 1.25 bits per heavy atom. The summed E-state index contributed by atoms with van der Waals surface area (Å²) in [6.45, 7) is 5.03. The van der Waals surface area contributed by atoms with Gasteiger partial charge in [0.25, 0.3) is 0 Å². The largest absolute Gasteiger partial charge is 0.494 e. The van der Waals surface area contributed by atoms with E-state index < -0.39 is 12.0 Å². The second kappa shape index (κ2) is 8.32. The Bertz CT molecular complexity index is 442. The fourth-order valence-electron chi connectivity index (χ4n) is 1.82. The van der Waals surface area contributed by atoms with Gasteiger partial charge >= 0.3 is 5.97 Å². The summed E-state index contributed by atoms with van der Waals surface area (Å²) < 4.78 is 5.44. The Labute approximate surface area is 118 Å². The minimum absolute atomic E-state index is 0.212. The van der Waals surface area contributed by atoms with Crippen LogP contribution in [0.4, 0.5) is 0 Å². The lowest BCUT2D eigenvalue weighted by Crippen LogP contribution is -2.38. The van der Waals surface area contributed by atoms with Gasteiger partial charge in [0.05, 0.1) is 19.1 Å². The Hall–Kier alpha value is -1.88. The zero-order valence-corrected chi connectivity index (χ0v) is 11.9. The van der Waals surface area contributed by atoms with Crippen LogP contribution in [0.25, 0.3) is 0 Å². The van der Waals surface area contributed by atoms with Crippen LogP contribution in [0, 0.1) is 0 Å². The van der Waals surface area contributed by atoms with E-state index in [0.29, 0.717) is 24.5 Å². The molecule has 0 saturated carbocycles. The summed E-state index contributed by atoms with van der Waals surface area (Å²) in [4.78, 5) is 23.0. The molecule has 1 atom stereocenters. The van der Waals surface area contributed by atoms with Crippen LogP contribution in [-0.2, 0) is 4.79 Å². The minimum atomic E-state index is -0.993. The molecule has 0 radical (unpaired) electrons. The van der Waals surface area contributed by atoms with Gasteiger partial charge in [-0.15, -0.1) is 0 Å². The number of nitrogens with one attached hydrogen (secondary N) is 1. The molecule has 0 amide bonds. The van der Waals surface area contributed by atoms with Gasteiger partial charge in [-0.25, -0.2) is 0 Å². The lowest BCUT2D eigenvalue weighted by Gasteiger charge is -2.14. The topological polar surface area (TPSA) is 75.6 Å². The van der Waals surface area contributed by atoms with E-state index in [4.69, 9.17) is 9.84 Å². The number of aliphatic carboxylic acids is 1. The van der Waals surface area contributed by atoms with Gasteiger partial charge in [0.2, 0.25) is 0 Å². The first-order valence-corrected chi connectivity index (χ1v) is 6.80. The van der Waals surface area contributed by atoms with Crippen LogP contribution < -0.4 is 10.1 Å². The minimum Gasteiger partial charge on any atom is -0.494 e. The van der Waals surface area contributed by atoms with Crippen LogP contribution in [0.2, 0.25) is 0 Å². The molecule has 2 N–H and O–H groups in total. The Kier molecular flexibility index (Phi) is 6.73. The summed E-state index contributed by atoms with van der Waals surface area (Å²) in [6.07, 6.45) is 0.697. The average molecular weight is 279 g/mol. The van der Waals surface area contributed by atoms with E-state index >= 15 is 0 Å². The fourth-order valence-corrected chi connectivity index (χ4v) is 1.82. The highest BCUT2D eigenvalue weighted by atomic mass is 16.5. The number of Topliss-reactive ketones (excluding diaryl/α,β-unsaturated/α-hetero) is 1. The third-order valence-electron chi connectivity index (χ3n) is 2.76. The van der Waals surface area contributed by atoms with Crippen molar-refractivity contribution < 1.29 is 19.4 Å². The van der Waals surface area contributed by atoms with Crippen molar-refractivity contribution in [2.24, 2.45) is 0 Å². The molecule has 1 rings (SSSR count). The quantitative estimate of drug-likeness (QED) is 0.677. The van der Waals surface area contributed by atoms with Crippen LogP contribution >= 0.6 is 0 Å². The predicted molar refractivity (Wildman–Crippen MR) is 76.3 cm³/mol. The van der Waals surface area contributed by atoms with Crippen LogP contribution in [0.15, 0.2) is 24.3 Å². The zero-order valence-electron chi connectivity index (χ0n) is 11.9. The zero-order chi connectivity index (χ0) is 15.0. The second-order valence-corrected chi connectivity index (χ2v) is 4.45. The maximum atomic E-state index is 12.2. The van der Waals surface area contributed by atoms with Crippen molar-refractivity contribution in [3.05, 3.63) is 29.8 Å². The van der Waals surface area contributed by atoms with Gasteiger partial charge in [-0.1, -0.05) is 13.8 Å². The summed E-state index contributed by atoms with van der Waals surface area (Å²) >= 11 is 0. The lowest BCUT2D eigenvalue weighted by atomic mass is 10.0. The lowest BCUT2D eigenvalue weighted by molar-refractivity contribution is -0.137. The smallest absolute Gasteiger partial charge is 0.305 e. The van der Waals surface area contributed by atoms with Crippen molar-refractivity contribution in [1.82, 2.24) is 5.32 Å². The Morgan fingerprint density at radius 3 is 2.40 bits per heavy atom. The van der Waals surface area contributed by atoms with Crippen molar-refractivity contribution in [3.8, 4) is 5.75 Å². The number of ether oxygens (including phenoxy) is 1. The molecule has 1 aromatic rings. The van der Waals surface area contributed by atoms with Crippen molar-refractivity contribution in [2.75, 3.05) is 13.2 Å². The van der Waals surface area contributed by atoms with Gasteiger partial charge in [-0.2, -0.15) is 0 Å². The predicted octanol–water partition coefficient (Wildman–Crippen LogP) is 2.11. The first kappa shape index (κ1) is 16.2. The van der Waals surface area contributed by atoms with E-state index in [9.17, 15) is 9.59 Å². The molecule has 0 saturated heterocycles. The Balaban J connectivity index is 2.75. The molecule has 0 aliphatic rings. The molecule has 1 unspecified atom stereocenters. The molecule has 1 aromatic carbocycles. The summed E-state index contributed by atoms with van der Waals surface area (Å²) in [5.74, 6) is -0.495. The Morgan fingerprint density at radius 2 is 1.90 bits per heavy atom. The van der Waals surface area contributed by atoms with E-state index in [-0.39, 0.29) is 12.2 Å². The normalized spacial score (nSPS) is 11.9. The number of rotatable bonds is 9. The van der Waals surface area contributed by atoms with Gasteiger partial charge in [-0.05, 0) is 37.2 Å². The number of hydrogen-bond donors (Lipinski definition) is 2. The van der Waals surface area contributed by atoms with Crippen molar-refractivity contribution in [2.45, 2.75) is 32.7 Å². The molecule has 0 fully saturated rings. The molecule has 0 aliphatic carbocycles. The number of likely N-dealkylation sites (N-methyl/N-ethyl adjacent to an activating group) is 1. The third kappa shape index (κ3) is 5.01. The van der Waals surface area contributed by atoms with Gasteiger partial charge in [-0.3, -0.25) is 9.59 Å². The average Bonchev–Trinajstić information content (AvgIpc) is 2.44. The molecule has 5 heteroatoms. The van der Waals surface area contributed by atoms with Crippen LogP contribution in [0.3, 0.4) is 0 Å². The standard InChI is InChI=1S/C15H21NO4/c1-3-9-20-12-7-5-11(6-8-12)15(19)13(16-4-2)10-14(17)18/h5-8,13,16H,3-4,9-10H2,1-2H3,(H,17,18). The molecule has 20 heavy (non-hydrogen) atoms. The molecule has 0 aromatic heterocycles. The third-order valence-corrected chi connectivity index (χ3v) is 2.76. The molecule has 0 spiro atoms. The highest BCUT2D eigenvalue weighted by Crippen LogP contribution is 2.14. The van der Waals surface area contributed by atoms with Crippen molar-refractivity contribution in [1.29, 1.82) is 0 Å². The summed E-state index contributed by atoms with van der Waals surface area (Å²) in [5.41, 5.74) is 0.487. The second-order valence-electron chi connectivity index (χ2n) is 4.45. The SMILES string of the molecule is CCCOc1ccc(C(=O)C(CC(=O)O)NCC)cc1. The maximum Gasteiger partial charge on any atom is 0.305 e. The van der Waals surface area contributed by atoms with E-state index in [1.54, 1.807) is 24.3 Å². The van der Waals surface area contributed by atoms with Crippen LogP contribution in [-0.4, -0.2) is 36.1 Å². The number of carboxylic acids is 1. The molecular weight excluding hydrogens is 258 g/mol. The highest BCUT2D eigenvalue weighted by molar-refractivity contribution is 6.01. The molecular formula is C15H21NO4. The molecule has 0 aliphatic heterocycles.